The summed E-state index contributed by atoms with van der Waals surface area (Å²) in [7, 11) is 2.15. The Morgan fingerprint density at radius 3 is 2.50 bits per heavy atom. The summed E-state index contributed by atoms with van der Waals surface area (Å²) in [5.74, 6) is 0. The van der Waals surface area contributed by atoms with Gasteiger partial charge in [-0.25, -0.2) is 0 Å². The zero-order chi connectivity index (χ0) is 16.3. The fourth-order valence-electron chi connectivity index (χ4n) is 3.91. The fraction of sp³-hybridized carbons (Fsp3) is 0.182. The van der Waals surface area contributed by atoms with Crippen LogP contribution in [0.3, 0.4) is 0 Å². The molecule has 0 radical (unpaired) electrons. The van der Waals surface area contributed by atoms with Crippen LogP contribution in [0.15, 0.2) is 59.0 Å². The first-order valence-corrected chi connectivity index (χ1v) is 8.58. The predicted octanol–water partition coefficient (Wildman–Crippen LogP) is 6.18. The van der Waals surface area contributed by atoms with Crippen LogP contribution >= 0.6 is 0 Å². The number of rotatable bonds is 2. The average Bonchev–Trinajstić information content (AvgIpc) is 3.10. The van der Waals surface area contributed by atoms with Gasteiger partial charge in [0, 0.05) is 40.2 Å². The summed E-state index contributed by atoms with van der Waals surface area (Å²) in [4.78, 5) is 0. The number of nitrogens with zero attached hydrogens (tertiary/aromatic N) is 1. The Morgan fingerprint density at radius 2 is 1.62 bits per heavy atom. The zero-order valence-corrected chi connectivity index (χ0v) is 14.0. The molecule has 2 nitrogen and oxygen atoms in total. The molecule has 0 saturated heterocycles. The van der Waals surface area contributed by atoms with Crippen LogP contribution in [0.5, 0.6) is 0 Å². The highest BCUT2D eigenvalue weighted by Crippen LogP contribution is 2.36. The highest BCUT2D eigenvalue weighted by molar-refractivity contribution is 6.16. The quantitative estimate of drug-likeness (QED) is 0.380. The van der Waals surface area contributed by atoms with Crippen molar-refractivity contribution in [2.75, 3.05) is 0 Å². The molecule has 0 saturated carbocycles. The van der Waals surface area contributed by atoms with E-state index in [9.17, 15) is 0 Å². The highest BCUT2D eigenvalue weighted by atomic mass is 16.3. The van der Waals surface area contributed by atoms with E-state index in [4.69, 9.17) is 4.42 Å². The Morgan fingerprint density at radius 1 is 0.792 bits per heavy atom. The van der Waals surface area contributed by atoms with Crippen molar-refractivity contribution >= 4 is 43.7 Å². The van der Waals surface area contributed by atoms with E-state index >= 15 is 0 Å². The molecule has 5 aromatic rings. The van der Waals surface area contributed by atoms with Gasteiger partial charge in [-0.2, -0.15) is 0 Å². The molecule has 0 N–H and O–H groups in total. The van der Waals surface area contributed by atoms with Crippen molar-refractivity contribution in [2.45, 2.75) is 19.8 Å². The van der Waals surface area contributed by atoms with Crippen LogP contribution in [0.25, 0.3) is 43.7 Å². The molecular weight excluding hydrogens is 294 g/mol. The van der Waals surface area contributed by atoms with Gasteiger partial charge >= 0.3 is 0 Å². The molecule has 118 valence electrons. The molecular formula is C22H19NO. The first kappa shape index (κ1) is 13.7. The molecule has 0 aliphatic carbocycles. The molecule has 2 aromatic heterocycles. The van der Waals surface area contributed by atoms with Crippen LogP contribution < -0.4 is 0 Å². The van der Waals surface area contributed by atoms with Gasteiger partial charge in [0.2, 0.25) is 0 Å². The first-order valence-electron chi connectivity index (χ1n) is 8.58. The van der Waals surface area contributed by atoms with Crippen molar-refractivity contribution < 1.29 is 4.42 Å². The van der Waals surface area contributed by atoms with Crippen LogP contribution in [0, 0.1) is 0 Å². The minimum absolute atomic E-state index is 0.956. The lowest BCUT2D eigenvalue weighted by Gasteiger charge is -2.01. The second kappa shape index (κ2) is 4.88. The Kier molecular flexibility index (Phi) is 2.78. The third-order valence-corrected chi connectivity index (χ3v) is 5.11. The molecule has 2 heterocycles. The van der Waals surface area contributed by atoms with Crippen LogP contribution in [0.2, 0.25) is 0 Å². The Bertz CT molecular complexity index is 1220. The first-order chi connectivity index (χ1) is 11.8. The topological polar surface area (TPSA) is 18.1 Å². The van der Waals surface area contributed by atoms with Crippen molar-refractivity contribution in [1.29, 1.82) is 0 Å². The molecule has 0 bridgehead atoms. The second-order valence-corrected chi connectivity index (χ2v) is 6.62. The molecule has 0 spiro atoms. The SMILES string of the molecule is CCCc1ccc2c3cc4c(cc3n(C)c2c1)oc1ccccc14. The molecule has 24 heavy (non-hydrogen) atoms. The third kappa shape index (κ3) is 1.77. The molecule has 0 atom stereocenters. The fourth-order valence-corrected chi connectivity index (χ4v) is 3.91. The Balaban J connectivity index is 1.91. The summed E-state index contributed by atoms with van der Waals surface area (Å²) < 4.78 is 8.35. The summed E-state index contributed by atoms with van der Waals surface area (Å²) in [6.07, 6.45) is 2.30. The lowest BCUT2D eigenvalue weighted by Crippen LogP contribution is -1.88. The molecule has 0 unspecified atom stereocenters. The molecule has 0 amide bonds. The normalized spacial score (nSPS) is 12.1. The van der Waals surface area contributed by atoms with Gasteiger partial charge in [-0.05, 0) is 30.2 Å². The van der Waals surface area contributed by atoms with Gasteiger partial charge in [0.05, 0.1) is 5.52 Å². The minimum Gasteiger partial charge on any atom is -0.456 e. The van der Waals surface area contributed by atoms with Gasteiger partial charge in [0.1, 0.15) is 11.2 Å². The van der Waals surface area contributed by atoms with E-state index in [1.54, 1.807) is 0 Å². The number of aryl methyl sites for hydroxylation is 2. The van der Waals surface area contributed by atoms with Crippen molar-refractivity contribution in [3.05, 3.63) is 60.2 Å². The molecule has 0 aliphatic rings. The Hall–Kier alpha value is -2.74. The molecule has 5 rings (SSSR count). The van der Waals surface area contributed by atoms with Gasteiger partial charge < -0.3 is 8.98 Å². The van der Waals surface area contributed by atoms with E-state index in [0.717, 1.165) is 17.6 Å². The van der Waals surface area contributed by atoms with E-state index in [-0.39, 0.29) is 0 Å². The number of hydrogen-bond acceptors (Lipinski definition) is 1. The number of para-hydroxylation sites is 1. The second-order valence-electron chi connectivity index (χ2n) is 6.62. The van der Waals surface area contributed by atoms with E-state index in [0.29, 0.717) is 0 Å². The molecule has 2 heteroatoms. The molecule has 0 fully saturated rings. The summed E-state index contributed by atoms with van der Waals surface area (Å²) in [5.41, 5.74) is 5.85. The minimum atomic E-state index is 0.956. The zero-order valence-electron chi connectivity index (χ0n) is 14.0. The van der Waals surface area contributed by atoms with Crippen LogP contribution in [0.1, 0.15) is 18.9 Å². The van der Waals surface area contributed by atoms with E-state index in [1.807, 2.05) is 12.1 Å². The maximum absolute atomic E-state index is 6.06. The summed E-state index contributed by atoms with van der Waals surface area (Å²) >= 11 is 0. The summed E-state index contributed by atoms with van der Waals surface area (Å²) in [6.45, 7) is 2.23. The van der Waals surface area contributed by atoms with Crippen molar-refractivity contribution in [1.82, 2.24) is 4.57 Å². The Labute approximate surface area is 140 Å². The monoisotopic (exact) mass is 313 g/mol. The van der Waals surface area contributed by atoms with E-state index < -0.39 is 0 Å². The molecule has 0 aliphatic heterocycles. The van der Waals surface area contributed by atoms with Crippen molar-refractivity contribution in [3.63, 3.8) is 0 Å². The smallest absolute Gasteiger partial charge is 0.137 e. The number of hydrogen-bond donors (Lipinski definition) is 0. The van der Waals surface area contributed by atoms with Crippen LogP contribution in [-0.4, -0.2) is 4.57 Å². The van der Waals surface area contributed by atoms with Gasteiger partial charge in [-0.1, -0.05) is 43.7 Å². The maximum Gasteiger partial charge on any atom is 0.137 e. The lowest BCUT2D eigenvalue weighted by atomic mass is 10.1. The lowest BCUT2D eigenvalue weighted by molar-refractivity contribution is 0.669. The van der Waals surface area contributed by atoms with Crippen LogP contribution in [0.4, 0.5) is 0 Å². The number of furan rings is 1. The van der Waals surface area contributed by atoms with Gasteiger partial charge in [0.15, 0.2) is 0 Å². The van der Waals surface area contributed by atoms with Crippen molar-refractivity contribution in [3.8, 4) is 0 Å². The maximum atomic E-state index is 6.06. The highest BCUT2D eigenvalue weighted by Gasteiger charge is 2.13. The molecule has 3 aromatic carbocycles. The third-order valence-electron chi connectivity index (χ3n) is 5.11. The number of benzene rings is 3. The van der Waals surface area contributed by atoms with Gasteiger partial charge in [-0.15, -0.1) is 0 Å². The predicted molar refractivity (Wildman–Crippen MR) is 102 cm³/mol. The number of fused-ring (bicyclic) bond motifs is 6. The van der Waals surface area contributed by atoms with Crippen LogP contribution in [-0.2, 0) is 13.5 Å². The van der Waals surface area contributed by atoms with Crippen molar-refractivity contribution in [2.24, 2.45) is 7.05 Å². The largest absolute Gasteiger partial charge is 0.456 e. The van der Waals surface area contributed by atoms with Gasteiger partial charge in [0.25, 0.3) is 0 Å². The average molecular weight is 313 g/mol. The summed E-state index contributed by atoms with van der Waals surface area (Å²) in [5, 5.41) is 5.01. The standard InChI is InChI=1S/C22H19NO/c1-3-6-14-9-10-15-17-12-18-16-7-4-5-8-21(16)24-22(18)13-20(17)23(2)19(15)11-14/h4-5,7-13H,3,6H2,1-2H3. The number of aromatic nitrogens is 1. The van der Waals surface area contributed by atoms with Gasteiger partial charge in [-0.3, -0.25) is 0 Å². The van der Waals surface area contributed by atoms with E-state index in [1.165, 1.54) is 44.6 Å². The summed E-state index contributed by atoms with van der Waals surface area (Å²) in [6, 6.07) is 19.6. The van der Waals surface area contributed by atoms with E-state index in [2.05, 4.69) is 61.0 Å².